The van der Waals surface area contributed by atoms with Gasteiger partial charge in [-0.15, -0.1) is 6.58 Å². The molecule has 1 heteroatoms. The van der Waals surface area contributed by atoms with Crippen LogP contribution in [0.5, 0.6) is 0 Å². The first-order valence-electron chi connectivity index (χ1n) is 4.06. The van der Waals surface area contributed by atoms with Crippen LogP contribution in [-0.4, -0.2) is 24.5 Å². The van der Waals surface area contributed by atoms with E-state index in [4.69, 9.17) is 0 Å². The van der Waals surface area contributed by atoms with Crippen molar-refractivity contribution in [1.82, 2.24) is 4.90 Å². The Morgan fingerprint density at radius 2 is 1.30 bits per heavy atom. The molecule has 10 heavy (non-hydrogen) atoms. The summed E-state index contributed by atoms with van der Waals surface area (Å²) in [5.74, 6) is 0. The van der Waals surface area contributed by atoms with Crippen molar-refractivity contribution in [3.63, 3.8) is 0 Å². The summed E-state index contributed by atoms with van der Waals surface area (Å²) in [5.41, 5.74) is 0. The van der Waals surface area contributed by atoms with Crippen LogP contribution in [0.1, 0.15) is 27.7 Å². The lowest BCUT2D eigenvalue weighted by molar-refractivity contribution is 0.321. The molecule has 0 saturated heterocycles. The molecular formula is C9H21N. The number of nitrogens with zero attached hydrogens (tertiary/aromatic N) is 1. The van der Waals surface area contributed by atoms with Crippen molar-refractivity contribution >= 4 is 0 Å². The maximum Gasteiger partial charge on any atom is -0.00474 e. The molecule has 0 N–H and O–H groups in total. The smallest absolute Gasteiger partial charge is 0.00474 e. The molecule has 0 atom stereocenters. The second kappa shape index (κ2) is 11.5. The zero-order chi connectivity index (χ0) is 8.41. The summed E-state index contributed by atoms with van der Waals surface area (Å²) in [6.07, 6.45) is 1.75. The van der Waals surface area contributed by atoms with E-state index in [2.05, 4.69) is 32.3 Å². The minimum atomic E-state index is 1.19. The first-order valence-corrected chi connectivity index (χ1v) is 4.06. The first-order chi connectivity index (χ1) is 4.76. The Kier molecular flexibility index (Phi) is 14.2. The van der Waals surface area contributed by atoms with Gasteiger partial charge in [0.2, 0.25) is 0 Å². The number of hydrogen-bond donors (Lipinski definition) is 0. The van der Waals surface area contributed by atoms with Crippen LogP contribution in [0, 0.1) is 0 Å². The summed E-state index contributed by atoms with van der Waals surface area (Å²) in [6.45, 7) is 15.4. The highest BCUT2D eigenvalue weighted by molar-refractivity contribution is 4.51. The second-order valence-corrected chi connectivity index (χ2v) is 2.03. The quantitative estimate of drug-likeness (QED) is 0.549. The lowest BCUT2D eigenvalue weighted by atomic mass is 10.5. The van der Waals surface area contributed by atoms with E-state index < -0.39 is 0 Å². The van der Waals surface area contributed by atoms with E-state index in [0.29, 0.717) is 0 Å². The topological polar surface area (TPSA) is 3.24 Å². The second-order valence-electron chi connectivity index (χ2n) is 2.03. The fourth-order valence-electron chi connectivity index (χ4n) is 0.671. The predicted molar refractivity (Wildman–Crippen MR) is 49.3 cm³/mol. The van der Waals surface area contributed by atoms with Crippen molar-refractivity contribution in [3.8, 4) is 0 Å². The summed E-state index contributed by atoms with van der Waals surface area (Å²) in [5, 5.41) is 0. The molecule has 0 unspecified atom stereocenters. The van der Waals surface area contributed by atoms with Crippen LogP contribution in [-0.2, 0) is 0 Å². The van der Waals surface area contributed by atoms with Gasteiger partial charge in [0.25, 0.3) is 0 Å². The molecule has 1 nitrogen and oxygen atoms in total. The molecule has 0 aromatic rings. The summed E-state index contributed by atoms with van der Waals surface area (Å²) >= 11 is 0. The third-order valence-corrected chi connectivity index (χ3v) is 1.34. The van der Waals surface area contributed by atoms with Crippen molar-refractivity contribution in [1.29, 1.82) is 0 Å². The van der Waals surface area contributed by atoms with Crippen LogP contribution in [0.2, 0.25) is 0 Å². The van der Waals surface area contributed by atoms with E-state index in [1.54, 1.807) is 6.08 Å². The van der Waals surface area contributed by atoms with Gasteiger partial charge in [-0.3, -0.25) is 0 Å². The van der Waals surface area contributed by atoms with E-state index >= 15 is 0 Å². The van der Waals surface area contributed by atoms with Crippen LogP contribution >= 0.6 is 0 Å². The molecule has 0 aliphatic heterocycles. The summed E-state index contributed by atoms with van der Waals surface area (Å²) in [4.78, 5) is 2.38. The normalized spacial score (nSPS) is 8.50. The van der Waals surface area contributed by atoms with Gasteiger partial charge in [0.1, 0.15) is 0 Å². The van der Waals surface area contributed by atoms with Gasteiger partial charge in [-0.2, -0.15) is 0 Å². The van der Waals surface area contributed by atoms with Crippen molar-refractivity contribution in [2.45, 2.75) is 27.7 Å². The summed E-state index contributed by atoms with van der Waals surface area (Å²) in [6, 6.07) is 0. The minimum Gasteiger partial charge on any atom is -0.304 e. The molecule has 0 amide bonds. The first kappa shape index (κ1) is 12.4. The van der Waals surface area contributed by atoms with Crippen molar-refractivity contribution in [2.24, 2.45) is 0 Å². The van der Waals surface area contributed by atoms with Gasteiger partial charge in [0, 0.05) is 0 Å². The number of hydrogen-bond acceptors (Lipinski definition) is 1. The minimum absolute atomic E-state index is 1.19. The van der Waals surface area contributed by atoms with Crippen molar-refractivity contribution in [2.75, 3.05) is 19.6 Å². The zero-order valence-electron chi connectivity index (χ0n) is 7.85. The Labute approximate surface area is 65.7 Å². The molecular weight excluding hydrogens is 122 g/mol. The van der Waals surface area contributed by atoms with Crippen LogP contribution < -0.4 is 0 Å². The van der Waals surface area contributed by atoms with Gasteiger partial charge in [0.15, 0.2) is 0 Å². The summed E-state index contributed by atoms with van der Waals surface area (Å²) in [7, 11) is 0. The van der Waals surface area contributed by atoms with Crippen LogP contribution in [0.15, 0.2) is 12.7 Å². The van der Waals surface area contributed by atoms with E-state index in [9.17, 15) is 0 Å². The average molecular weight is 143 g/mol. The molecule has 0 aliphatic rings. The third-order valence-electron chi connectivity index (χ3n) is 1.34. The molecule has 0 bridgehead atoms. The van der Waals surface area contributed by atoms with E-state index in [0.717, 1.165) is 0 Å². The van der Waals surface area contributed by atoms with E-state index in [-0.39, 0.29) is 0 Å². The van der Waals surface area contributed by atoms with Gasteiger partial charge in [-0.05, 0) is 26.6 Å². The Bertz CT molecular complexity index is 50.2. The standard InChI is InChI=1S/C6H15N.C3H6/c1-4-7(5-2)6-3;1-3-2/h4-6H2,1-3H3;3H,1H2,2H3. The van der Waals surface area contributed by atoms with Gasteiger partial charge < -0.3 is 4.90 Å². The molecule has 0 rings (SSSR count). The maximum absolute atomic E-state index is 3.36. The van der Waals surface area contributed by atoms with Crippen molar-refractivity contribution < 1.29 is 0 Å². The van der Waals surface area contributed by atoms with Gasteiger partial charge in [-0.25, -0.2) is 0 Å². The van der Waals surface area contributed by atoms with Gasteiger partial charge >= 0.3 is 0 Å². The lowest BCUT2D eigenvalue weighted by Crippen LogP contribution is -2.21. The van der Waals surface area contributed by atoms with Crippen molar-refractivity contribution in [3.05, 3.63) is 12.7 Å². The van der Waals surface area contributed by atoms with Gasteiger partial charge in [-0.1, -0.05) is 26.8 Å². The number of rotatable bonds is 3. The Hall–Kier alpha value is -0.300. The Balaban J connectivity index is 0. The zero-order valence-corrected chi connectivity index (χ0v) is 7.85. The largest absolute Gasteiger partial charge is 0.304 e. The van der Waals surface area contributed by atoms with E-state index in [1.165, 1.54) is 19.6 Å². The molecule has 0 aromatic carbocycles. The lowest BCUT2D eigenvalue weighted by Gasteiger charge is -2.13. The molecule has 0 radical (unpaired) electrons. The van der Waals surface area contributed by atoms with Crippen LogP contribution in [0.3, 0.4) is 0 Å². The molecule has 0 aliphatic carbocycles. The highest BCUT2D eigenvalue weighted by Gasteiger charge is 1.89. The summed E-state index contributed by atoms with van der Waals surface area (Å²) < 4.78 is 0. The third kappa shape index (κ3) is 10.6. The highest BCUT2D eigenvalue weighted by Crippen LogP contribution is 1.81. The highest BCUT2D eigenvalue weighted by atomic mass is 15.1. The Morgan fingerprint density at radius 1 is 1.10 bits per heavy atom. The monoisotopic (exact) mass is 143 g/mol. The number of allylic oxidation sites excluding steroid dienone is 1. The molecule has 0 heterocycles. The van der Waals surface area contributed by atoms with E-state index in [1.807, 2.05) is 6.92 Å². The Morgan fingerprint density at radius 3 is 1.30 bits per heavy atom. The fourth-order valence-corrected chi connectivity index (χ4v) is 0.671. The van der Waals surface area contributed by atoms with Gasteiger partial charge in [0.05, 0.1) is 0 Å². The van der Waals surface area contributed by atoms with Crippen LogP contribution in [0.25, 0.3) is 0 Å². The molecule has 0 aromatic heterocycles. The fraction of sp³-hybridized carbons (Fsp3) is 0.778. The molecule has 0 fully saturated rings. The molecule has 0 spiro atoms. The maximum atomic E-state index is 3.36. The average Bonchev–Trinajstić information content (AvgIpc) is 1.93. The molecule has 0 saturated carbocycles. The predicted octanol–water partition coefficient (Wildman–Crippen LogP) is 2.54. The molecule has 62 valence electrons. The van der Waals surface area contributed by atoms with Crippen LogP contribution in [0.4, 0.5) is 0 Å². The SMILES string of the molecule is C=CC.CCN(CC)CC.